The van der Waals surface area contributed by atoms with Crippen molar-refractivity contribution in [3.05, 3.63) is 0 Å². The monoisotopic (exact) mass is 237 g/mol. The molecular weight excluding hydrogens is 221 g/mol. The maximum absolute atomic E-state index is 12.1. The molecule has 0 aliphatic heterocycles. The molecule has 0 bridgehead atoms. The second kappa shape index (κ2) is 5.18. The van der Waals surface area contributed by atoms with E-state index in [0.717, 1.165) is 0 Å². The number of hydrogen-bond donors (Lipinski definition) is 0. The fourth-order valence-electron chi connectivity index (χ4n) is 1.86. The number of hydrogen-bond acceptors (Lipinski definition) is 1. The average Bonchev–Trinajstić information content (AvgIpc) is 2.05. The number of alkyl halides is 2. The van der Waals surface area contributed by atoms with Crippen LogP contribution in [0, 0.1) is 0 Å². The van der Waals surface area contributed by atoms with E-state index in [1.807, 2.05) is 7.05 Å². The molecule has 1 fully saturated rings. The summed E-state index contributed by atoms with van der Waals surface area (Å²) in [6, 6.07) is 0.550. The highest BCUT2D eigenvalue weighted by atomic mass is 79.9. The van der Waals surface area contributed by atoms with E-state index in [4.69, 9.17) is 0 Å². The van der Waals surface area contributed by atoms with Crippen LogP contribution in [0.4, 0.5) is 4.39 Å². The van der Waals surface area contributed by atoms with E-state index in [2.05, 4.69) is 20.8 Å². The molecule has 72 valence electrons. The minimum absolute atomic E-state index is 0.229. The fraction of sp³-hybridized carbons (Fsp3) is 1.00. The molecule has 0 amide bonds. The first kappa shape index (κ1) is 10.5. The molecule has 2 unspecified atom stereocenters. The largest absolute Gasteiger partial charge is 0.300 e. The van der Waals surface area contributed by atoms with E-state index < -0.39 is 0 Å². The number of rotatable bonds is 3. The number of halogens is 2. The molecule has 0 aromatic heterocycles. The summed E-state index contributed by atoms with van der Waals surface area (Å²) in [6.07, 6.45) is 5.06. The molecule has 0 saturated heterocycles. The first-order valence-electron chi connectivity index (χ1n) is 4.66. The lowest BCUT2D eigenvalue weighted by Gasteiger charge is -2.34. The zero-order valence-electron chi connectivity index (χ0n) is 7.60. The molecule has 1 saturated carbocycles. The van der Waals surface area contributed by atoms with Crippen LogP contribution in [0.15, 0.2) is 0 Å². The van der Waals surface area contributed by atoms with E-state index in [1.165, 1.54) is 25.7 Å². The van der Waals surface area contributed by atoms with Gasteiger partial charge in [-0.2, -0.15) is 0 Å². The van der Waals surface area contributed by atoms with Gasteiger partial charge in [0.2, 0.25) is 0 Å². The molecule has 2 atom stereocenters. The van der Waals surface area contributed by atoms with Crippen LogP contribution in [0.5, 0.6) is 0 Å². The van der Waals surface area contributed by atoms with Crippen molar-refractivity contribution in [3.8, 4) is 0 Å². The molecule has 0 N–H and O–H groups in total. The van der Waals surface area contributed by atoms with Gasteiger partial charge in [-0.05, 0) is 19.9 Å². The van der Waals surface area contributed by atoms with Gasteiger partial charge in [-0.3, -0.25) is 4.90 Å². The zero-order chi connectivity index (χ0) is 8.97. The number of nitrogens with zero attached hydrogens (tertiary/aromatic N) is 1. The summed E-state index contributed by atoms with van der Waals surface area (Å²) in [5, 5.41) is 0. The van der Waals surface area contributed by atoms with Crippen LogP contribution in [0.25, 0.3) is 0 Å². The first-order valence-corrected chi connectivity index (χ1v) is 5.57. The Bertz CT molecular complexity index is 132. The Morgan fingerprint density at radius 3 is 2.67 bits per heavy atom. The van der Waals surface area contributed by atoms with Crippen LogP contribution in [-0.4, -0.2) is 36.0 Å². The zero-order valence-corrected chi connectivity index (χ0v) is 9.19. The van der Waals surface area contributed by atoms with Gasteiger partial charge in [0, 0.05) is 17.4 Å². The predicted octanol–water partition coefficient (Wildman–Crippen LogP) is 2.59. The molecule has 1 rings (SSSR count). The molecule has 3 heteroatoms. The Labute approximate surface area is 82.4 Å². The molecule has 1 aliphatic carbocycles. The van der Waals surface area contributed by atoms with Crippen molar-refractivity contribution in [3.63, 3.8) is 0 Å². The standard InChI is InChI=1S/C9H17BrFN/c1-12(7-6-11)9-5-3-2-4-8(9)10/h8-9H,2-7H2,1H3. The summed E-state index contributed by atoms with van der Waals surface area (Å²) in [7, 11) is 2.02. The highest BCUT2D eigenvalue weighted by Crippen LogP contribution is 2.27. The van der Waals surface area contributed by atoms with E-state index in [-0.39, 0.29) is 6.67 Å². The normalized spacial score (nSPS) is 31.0. The van der Waals surface area contributed by atoms with Gasteiger partial charge in [0.1, 0.15) is 6.67 Å². The quantitative estimate of drug-likeness (QED) is 0.683. The second-order valence-corrected chi connectivity index (χ2v) is 4.71. The van der Waals surface area contributed by atoms with Gasteiger partial charge in [-0.25, -0.2) is 4.39 Å². The van der Waals surface area contributed by atoms with Crippen LogP contribution >= 0.6 is 15.9 Å². The molecule has 1 nitrogen and oxygen atoms in total. The van der Waals surface area contributed by atoms with Crippen LogP contribution < -0.4 is 0 Å². The van der Waals surface area contributed by atoms with Crippen LogP contribution in [0.1, 0.15) is 25.7 Å². The predicted molar refractivity (Wildman–Crippen MR) is 53.6 cm³/mol. The lowest BCUT2D eigenvalue weighted by atomic mass is 9.94. The van der Waals surface area contributed by atoms with Gasteiger partial charge in [-0.1, -0.05) is 28.8 Å². The summed E-state index contributed by atoms with van der Waals surface area (Å²) in [5.41, 5.74) is 0. The van der Waals surface area contributed by atoms with Crippen LogP contribution in [0.3, 0.4) is 0 Å². The highest BCUT2D eigenvalue weighted by Gasteiger charge is 2.25. The summed E-state index contributed by atoms with van der Waals surface area (Å²) in [5.74, 6) is 0. The van der Waals surface area contributed by atoms with Gasteiger partial charge in [0.15, 0.2) is 0 Å². The van der Waals surface area contributed by atoms with Gasteiger partial charge in [0.25, 0.3) is 0 Å². The summed E-state index contributed by atoms with van der Waals surface area (Å²) in [4.78, 5) is 2.71. The summed E-state index contributed by atoms with van der Waals surface area (Å²) in [6.45, 7) is 0.347. The third-order valence-electron chi connectivity index (χ3n) is 2.65. The Kier molecular flexibility index (Phi) is 4.51. The molecule has 0 aromatic rings. The van der Waals surface area contributed by atoms with Crippen molar-refractivity contribution >= 4 is 15.9 Å². The lowest BCUT2D eigenvalue weighted by molar-refractivity contribution is 0.187. The van der Waals surface area contributed by atoms with E-state index in [0.29, 0.717) is 17.4 Å². The van der Waals surface area contributed by atoms with Crippen molar-refractivity contribution in [2.75, 3.05) is 20.3 Å². The minimum Gasteiger partial charge on any atom is -0.300 e. The molecular formula is C9H17BrFN. The molecule has 0 aromatic carbocycles. The summed E-state index contributed by atoms with van der Waals surface area (Å²) < 4.78 is 12.1. The lowest BCUT2D eigenvalue weighted by Crippen LogP contribution is -2.41. The molecule has 12 heavy (non-hydrogen) atoms. The fourth-order valence-corrected chi connectivity index (χ4v) is 2.85. The van der Waals surface area contributed by atoms with E-state index >= 15 is 0 Å². The van der Waals surface area contributed by atoms with Gasteiger partial charge >= 0.3 is 0 Å². The smallest absolute Gasteiger partial charge is 0.102 e. The summed E-state index contributed by atoms with van der Waals surface area (Å²) >= 11 is 3.66. The molecule has 1 aliphatic rings. The topological polar surface area (TPSA) is 3.24 Å². The van der Waals surface area contributed by atoms with Gasteiger partial charge in [-0.15, -0.1) is 0 Å². The van der Waals surface area contributed by atoms with Gasteiger partial charge in [0.05, 0.1) is 0 Å². The molecule has 0 spiro atoms. The Morgan fingerprint density at radius 1 is 1.42 bits per heavy atom. The Balaban J connectivity index is 2.36. The van der Waals surface area contributed by atoms with Crippen molar-refractivity contribution in [1.82, 2.24) is 4.90 Å². The van der Waals surface area contributed by atoms with Crippen molar-refractivity contribution in [2.45, 2.75) is 36.6 Å². The SMILES string of the molecule is CN(CCF)C1CCCCC1Br. The second-order valence-electron chi connectivity index (χ2n) is 3.54. The van der Waals surface area contributed by atoms with Crippen molar-refractivity contribution in [2.24, 2.45) is 0 Å². The average molecular weight is 238 g/mol. The first-order chi connectivity index (χ1) is 5.75. The van der Waals surface area contributed by atoms with Gasteiger partial charge < -0.3 is 0 Å². The molecule has 0 heterocycles. The van der Waals surface area contributed by atoms with Crippen LogP contribution in [-0.2, 0) is 0 Å². The highest BCUT2D eigenvalue weighted by molar-refractivity contribution is 9.09. The van der Waals surface area contributed by atoms with Crippen molar-refractivity contribution in [1.29, 1.82) is 0 Å². The van der Waals surface area contributed by atoms with Crippen LogP contribution in [0.2, 0.25) is 0 Å². The third-order valence-corrected chi connectivity index (χ3v) is 3.72. The maximum atomic E-state index is 12.1. The third kappa shape index (κ3) is 2.70. The van der Waals surface area contributed by atoms with E-state index in [9.17, 15) is 4.39 Å². The maximum Gasteiger partial charge on any atom is 0.102 e. The van der Waals surface area contributed by atoms with E-state index in [1.54, 1.807) is 0 Å². The molecule has 0 radical (unpaired) electrons. The Morgan fingerprint density at radius 2 is 2.08 bits per heavy atom. The van der Waals surface area contributed by atoms with Crippen molar-refractivity contribution < 1.29 is 4.39 Å². The minimum atomic E-state index is -0.229. The Hall–Kier alpha value is 0.370.